The molecule has 0 bridgehead atoms. The third-order valence-electron chi connectivity index (χ3n) is 13.1. The molecule has 0 saturated carbocycles. The number of nitrogens with zero attached hydrogens (tertiary/aromatic N) is 5. The van der Waals surface area contributed by atoms with Gasteiger partial charge in [-0.05, 0) is 96.8 Å². The van der Waals surface area contributed by atoms with Crippen molar-refractivity contribution in [3.05, 3.63) is 236 Å². The number of hydrogen-bond acceptors (Lipinski definition) is 4. The molecule has 0 unspecified atom stereocenters. The van der Waals surface area contributed by atoms with Crippen molar-refractivity contribution in [3.63, 3.8) is 0 Å². The molecule has 1 aliphatic heterocycles. The van der Waals surface area contributed by atoms with E-state index < -0.39 is 6.85 Å². The summed E-state index contributed by atoms with van der Waals surface area (Å²) in [6.45, 7) is -1.81. The van der Waals surface area contributed by atoms with Gasteiger partial charge in [-0.1, -0.05) is 140 Å². The number of anilines is 4. The van der Waals surface area contributed by atoms with Crippen molar-refractivity contribution in [3.8, 4) is 45.3 Å². The number of benzene rings is 9. The summed E-state index contributed by atoms with van der Waals surface area (Å²) in [7, 11) is 0. The minimum Gasteiger partial charge on any atom is -0.457 e. The van der Waals surface area contributed by atoms with Crippen LogP contribution in [-0.2, 0) is 0 Å². The Morgan fingerprint density at radius 1 is 0.433 bits per heavy atom. The Morgan fingerprint density at radius 3 is 1.51 bits per heavy atom. The molecule has 0 fully saturated rings. The lowest BCUT2D eigenvalue weighted by Gasteiger charge is -2.28. The molecule has 6 nitrogen and oxygen atoms in total. The second-order valence-electron chi connectivity index (χ2n) is 17.0. The van der Waals surface area contributed by atoms with E-state index in [1.54, 1.807) is 12.3 Å². The zero-order chi connectivity index (χ0) is 46.9. The third-order valence-corrected chi connectivity index (χ3v) is 13.1. The first kappa shape index (κ1) is 35.5. The lowest BCUT2D eigenvalue weighted by molar-refractivity contribution is 0.483. The number of ether oxygens (including phenoxy) is 1. The Bertz CT molecular complexity index is 3750. The molecule has 13 rings (SSSR count). The molecule has 1 aliphatic rings. The van der Waals surface area contributed by atoms with Crippen LogP contribution < -0.4 is 14.5 Å². The monoisotopic (exact) mass is 864 g/mol. The van der Waals surface area contributed by atoms with E-state index in [2.05, 4.69) is 171 Å². The van der Waals surface area contributed by atoms with Gasteiger partial charge >= 0.3 is 0 Å². The van der Waals surface area contributed by atoms with Crippen molar-refractivity contribution in [2.24, 2.45) is 0 Å². The van der Waals surface area contributed by atoms with Crippen LogP contribution in [-0.4, -0.2) is 20.8 Å². The van der Waals surface area contributed by atoms with Crippen molar-refractivity contribution in [2.75, 3.05) is 16.5 Å². The second kappa shape index (κ2) is 15.7. The molecule has 0 aliphatic carbocycles. The van der Waals surface area contributed by atoms with E-state index in [0.717, 1.165) is 67.3 Å². The van der Waals surface area contributed by atoms with Gasteiger partial charge in [0.05, 0.1) is 56.2 Å². The predicted molar refractivity (Wildman–Crippen MR) is 277 cm³/mol. The number of hydrogen-bond donors (Lipinski definition) is 0. The lowest BCUT2D eigenvalue weighted by atomic mass is 10.0. The minimum atomic E-state index is -2.33. The van der Waals surface area contributed by atoms with Gasteiger partial charge in [0, 0.05) is 54.7 Å². The molecule has 9 aromatic carbocycles. The number of para-hydroxylation sites is 7. The number of fused-ring (bicyclic) bond motifs is 7. The minimum absolute atomic E-state index is 0.252. The van der Waals surface area contributed by atoms with Crippen LogP contribution in [0.3, 0.4) is 0 Å². The Kier molecular flexibility index (Phi) is 8.30. The van der Waals surface area contributed by atoms with E-state index in [9.17, 15) is 0 Å². The van der Waals surface area contributed by atoms with Crippen LogP contribution in [0.5, 0.6) is 11.5 Å². The average Bonchev–Trinajstić information content (AvgIpc) is 4.07. The van der Waals surface area contributed by atoms with Crippen molar-refractivity contribution >= 4 is 66.4 Å². The largest absolute Gasteiger partial charge is 0.457 e. The molecule has 12 aromatic rings. The molecule has 318 valence electrons. The standard InChI is InChI=1S/C61H43N5O/c1-41-36-52(62-39-51(41)42-18-3-2-4-19-42)43-20-15-22-45(37-43)67-46-23-16-21-44(38-46)63-40-64(58-33-14-13-32-57(58)63)61-59(65-53-28-9-5-24-47(53)48-25-6-10-29-54(48)65)34-17-35-60(61)66-55-30-11-7-26-49(55)50-27-8-12-31-56(50)66/h2-39H,40H2,1H3/i1D3. The molecule has 0 amide bonds. The number of aromatic nitrogens is 3. The van der Waals surface area contributed by atoms with E-state index in [1.807, 2.05) is 66.7 Å². The number of pyridine rings is 1. The van der Waals surface area contributed by atoms with Gasteiger partial charge in [0.1, 0.15) is 18.2 Å². The molecule has 0 atom stereocenters. The number of aryl methyl sites for hydroxylation is 1. The van der Waals surface area contributed by atoms with E-state index >= 15 is 0 Å². The average molecular weight is 865 g/mol. The Labute approximate surface area is 392 Å². The van der Waals surface area contributed by atoms with Gasteiger partial charge in [0.2, 0.25) is 0 Å². The lowest BCUT2D eigenvalue weighted by Crippen LogP contribution is -2.26. The highest BCUT2D eigenvalue weighted by molar-refractivity contribution is 6.12. The molecule has 0 radical (unpaired) electrons. The van der Waals surface area contributed by atoms with E-state index in [4.69, 9.17) is 13.8 Å². The topological polar surface area (TPSA) is 38.5 Å². The smallest absolute Gasteiger partial charge is 0.129 e. The number of rotatable bonds is 8. The molecular weight excluding hydrogens is 819 g/mol. The highest BCUT2D eigenvalue weighted by Crippen LogP contribution is 2.50. The predicted octanol–water partition coefficient (Wildman–Crippen LogP) is 16.0. The third kappa shape index (κ3) is 6.37. The van der Waals surface area contributed by atoms with Crippen LogP contribution >= 0.6 is 0 Å². The summed E-state index contributed by atoms with van der Waals surface area (Å²) < 4.78 is 36.7. The van der Waals surface area contributed by atoms with Crippen LogP contribution in [0.4, 0.5) is 22.7 Å². The van der Waals surface area contributed by atoms with Gasteiger partial charge in [-0.3, -0.25) is 4.98 Å². The fourth-order valence-corrected chi connectivity index (χ4v) is 10.2. The van der Waals surface area contributed by atoms with Crippen molar-refractivity contribution < 1.29 is 8.85 Å². The molecule has 0 spiro atoms. The Morgan fingerprint density at radius 2 is 0.910 bits per heavy atom. The zero-order valence-electron chi connectivity index (χ0n) is 39.3. The zero-order valence-corrected chi connectivity index (χ0v) is 36.3. The summed E-state index contributed by atoms with van der Waals surface area (Å²) in [5.74, 6) is 1.27. The SMILES string of the molecule is [2H]C([2H])([2H])c1cc(-c2cccc(Oc3cccc(N4CN(c5c(-n6c7ccccc7c7ccccc76)cccc5-n5c6ccccc6c6ccccc65)c5ccccc54)c3)c2)ncc1-c1ccccc1. The highest BCUT2D eigenvalue weighted by atomic mass is 16.5. The quantitative estimate of drug-likeness (QED) is 0.153. The van der Waals surface area contributed by atoms with Gasteiger partial charge in [-0.2, -0.15) is 0 Å². The molecular formula is C61H43N5O. The maximum atomic E-state index is 8.38. The van der Waals surface area contributed by atoms with Crippen LogP contribution in [0.15, 0.2) is 231 Å². The summed E-state index contributed by atoms with van der Waals surface area (Å²) in [6.07, 6.45) is 1.66. The van der Waals surface area contributed by atoms with Crippen molar-refractivity contribution in [1.29, 1.82) is 0 Å². The normalized spacial score (nSPS) is 13.3. The Balaban J connectivity index is 0.921. The van der Waals surface area contributed by atoms with Gasteiger partial charge < -0.3 is 23.7 Å². The highest BCUT2D eigenvalue weighted by Gasteiger charge is 2.33. The van der Waals surface area contributed by atoms with Crippen molar-refractivity contribution in [2.45, 2.75) is 6.85 Å². The van der Waals surface area contributed by atoms with Crippen LogP contribution in [0.2, 0.25) is 0 Å². The molecule has 6 heteroatoms. The molecule has 4 heterocycles. The van der Waals surface area contributed by atoms with E-state index in [1.165, 1.54) is 21.5 Å². The first-order chi connectivity index (χ1) is 34.4. The first-order valence-corrected chi connectivity index (χ1v) is 22.6. The van der Waals surface area contributed by atoms with Crippen LogP contribution in [0, 0.1) is 6.85 Å². The second-order valence-corrected chi connectivity index (χ2v) is 17.0. The van der Waals surface area contributed by atoms with E-state index in [-0.39, 0.29) is 5.56 Å². The fourth-order valence-electron chi connectivity index (χ4n) is 10.2. The van der Waals surface area contributed by atoms with Crippen molar-refractivity contribution in [1.82, 2.24) is 14.1 Å². The van der Waals surface area contributed by atoms with Gasteiger partial charge in [-0.25, -0.2) is 0 Å². The summed E-state index contributed by atoms with van der Waals surface area (Å²) in [6, 6.07) is 77.2. The maximum Gasteiger partial charge on any atom is 0.129 e. The fraction of sp³-hybridized carbons (Fsp3) is 0.0328. The summed E-state index contributed by atoms with van der Waals surface area (Å²) in [5.41, 5.74) is 13.9. The van der Waals surface area contributed by atoms with Gasteiger partial charge in [0.15, 0.2) is 0 Å². The van der Waals surface area contributed by atoms with Crippen LogP contribution in [0.25, 0.3) is 77.4 Å². The van der Waals surface area contributed by atoms with Gasteiger partial charge in [0.25, 0.3) is 0 Å². The molecule has 67 heavy (non-hydrogen) atoms. The first-order valence-electron chi connectivity index (χ1n) is 24.1. The van der Waals surface area contributed by atoms with Gasteiger partial charge in [-0.15, -0.1) is 0 Å². The molecule has 0 saturated heterocycles. The summed E-state index contributed by atoms with van der Waals surface area (Å²) in [4.78, 5) is 9.57. The molecule has 0 N–H and O–H groups in total. The Hall–Kier alpha value is -8.87. The summed E-state index contributed by atoms with van der Waals surface area (Å²) in [5, 5.41) is 4.81. The summed E-state index contributed by atoms with van der Waals surface area (Å²) >= 11 is 0. The maximum absolute atomic E-state index is 8.38. The molecule has 3 aromatic heterocycles. The van der Waals surface area contributed by atoms with E-state index in [0.29, 0.717) is 29.4 Å². The van der Waals surface area contributed by atoms with Crippen LogP contribution in [0.1, 0.15) is 9.68 Å².